The first kappa shape index (κ1) is 12.9. The predicted octanol–water partition coefficient (Wildman–Crippen LogP) is 1.53. The summed E-state index contributed by atoms with van der Waals surface area (Å²) in [7, 11) is 3.98. The van der Waals surface area contributed by atoms with Crippen LogP contribution in [0.15, 0.2) is 35.4 Å². The molecule has 2 aromatic heterocycles. The Balaban J connectivity index is 2.15. The van der Waals surface area contributed by atoms with Crippen molar-refractivity contribution in [2.45, 2.75) is 25.6 Å². The summed E-state index contributed by atoms with van der Waals surface area (Å²) < 4.78 is 6.89. The van der Waals surface area contributed by atoms with Gasteiger partial charge in [-0.05, 0) is 20.0 Å². The molecule has 2 unspecified atom stereocenters. The van der Waals surface area contributed by atoms with Crippen LogP contribution in [0.1, 0.15) is 24.1 Å². The number of aromatic nitrogens is 2. The number of rotatable bonds is 5. The van der Waals surface area contributed by atoms with Gasteiger partial charge < -0.3 is 10.2 Å². The van der Waals surface area contributed by atoms with Gasteiger partial charge in [-0.15, -0.1) is 0 Å². The number of furan rings is 1. The first-order chi connectivity index (χ1) is 8.58. The Kier molecular flexibility index (Phi) is 3.84. The highest BCUT2D eigenvalue weighted by atomic mass is 16.3. The predicted molar refractivity (Wildman–Crippen MR) is 69.8 cm³/mol. The van der Waals surface area contributed by atoms with Crippen LogP contribution in [0.5, 0.6) is 0 Å². The molecule has 2 atom stereocenters. The number of hydrogen-bond donors (Lipinski definition) is 1. The third kappa shape index (κ3) is 2.80. The molecule has 0 radical (unpaired) electrons. The summed E-state index contributed by atoms with van der Waals surface area (Å²) in [6.07, 6.45) is 7.34. The van der Waals surface area contributed by atoms with E-state index in [1.54, 1.807) is 17.2 Å². The maximum absolute atomic E-state index is 6.11. The maximum Gasteiger partial charge on any atom is 0.0947 e. The van der Waals surface area contributed by atoms with Gasteiger partial charge in [0.2, 0.25) is 0 Å². The molecule has 0 fully saturated rings. The number of aryl methyl sites for hydroxylation is 1. The molecule has 2 aromatic rings. The minimum atomic E-state index is 0.0334. The Hall–Kier alpha value is -1.59. The van der Waals surface area contributed by atoms with Crippen molar-refractivity contribution < 1.29 is 4.42 Å². The van der Waals surface area contributed by atoms with Crippen molar-refractivity contribution >= 4 is 0 Å². The summed E-state index contributed by atoms with van der Waals surface area (Å²) in [5, 5.41) is 4.22. The van der Waals surface area contributed by atoms with Crippen LogP contribution in [0, 0.1) is 0 Å². The Bertz CT molecular complexity index is 475. The van der Waals surface area contributed by atoms with E-state index < -0.39 is 0 Å². The van der Waals surface area contributed by atoms with Crippen molar-refractivity contribution in [1.29, 1.82) is 0 Å². The van der Waals surface area contributed by atoms with Crippen molar-refractivity contribution in [2.24, 2.45) is 12.8 Å². The molecule has 0 saturated carbocycles. The molecule has 0 bridgehead atoms. The number of likely N-dealkylation sites (N-methyl/N-ethyl adjacent to an activating group) is 1. The molecule has 5 heteroatoms. The summed E-state index contributed by atoms with van der Waals surface area (Å²) in [4.78, 5) is 2.21. The molecule has 0 saturated heterocycles. The molecule has 2 rings (SSSR count). The van der Waals surface area contributed by atoms with Gasteiger partial charge in [0, 0.05) is 37.0 Å². The largest absolute Gasteiger partial charge is 0.472 e. The van der Waals surface area contributed by atoms with Crippen molar-refractivity contribution in [3.8, 4) is 0 Å². The van der Waals surface area contributed by atoms with Crippen LogP contribution in [0.3, 0.4) is 0 Å². The summed E-state index contributed by atoms with van der Waals surface area (Å²) in [6.45, 7) is 2.82. The Morgan fingerprint density at radius 1 is 1.56 bits per heavy atom. The fourth-order valence-corrected chi connectivity index (χ4v) is 2.32. The van der Waals surface area contributed by atoms with Crippen LogP contribution in [-0.4, -0.2) is 27.8 Å². The second-order valence-electron chi connectivity index (χ2n) is 4.80. The fourth-order valence-electron chi connectivity index (χ4n) is 2.32. The summed E-state index contributed by atoms with van der Waals surface area (Å²) in [6, 6.07) is 2.15. The lowest BCUT2D eigenvalue weighted by molar-refractivity contribution is 0.210. The zero-order valence-corrected chi connectivity index (χ0v) is 11.1. The van der Waals surface area contributed by atoms with Gasteiger partial charge in [-0.3, -0.25) is 9.58 Å². The molecule has 0 aromatic carbocycles. The molecule has 0 aliphatic rings. The molecule has 18 heavy (non-hydrogen) atoms. The first-order valence-electron chi connectivity index (χ1n) is 6.03. The van der Waals surface area contributed by atoms with E-state index in [2.05, 4.69) is 17.0 Å². The minimum absolute atomic E-state index is 0.0334. The van der Waals surface area contributed by atoms with Crippen LogP contribution in [-0.2, 0) is 13.6 Å². The van der Waals surface area contributed by atoms with E-state index in [0.717, 1.165) is 17.7 Å². The molecule has 0 spiro atoms. The third-order valence-electron chi connectivity index (χ3n) is 3.05. The topological polar surface area (TPSA) is 60.2 Å². The van der Waals surface area contributed by atoms with E-state index in [1.807, 2.05) is 32.4 Å². The lowest BCUT2D eigenvalue weighted by Gasteiger charge is -2.30. The Morgan fingerprint density at radius 2 is 2.33 bits per heavy atom. The van der Waals surface area contributed by atoms with E-state index in [1.165, 1.54) is 0 Å². The molecule has 2 N–H and O–H groups in total. The van der Waals surface area contributed by atoms with Gasteiger partial charge in [-0.1, -0.05) is 0 Å². The molecule has 2 heterocycles. The highest BCUT2D eigenvalue weighted by molar-refractivity contribution is 5.14. The smallest absolute Gasteiger partial charge is 0.0947 e. The van der Waals surface area contributed by atoms with E-state index in [-0.39, 0.29) is 12.1 Å². The monoisotopic (exact) mass is 248 g/mol. The van der Waals surface area contributed by atoms with E-state index in [9.17, 15) is 0 Å². The summed E-state index contributed by atoms with van der Waals surface area (Å²) in [5.74, 6) is 0. The maximum atomic E-state index is 6.11. The van der Waals surface area contributed by atoms with Gasteiger partial charge in [0.1, 0.15) is 0 Å². The zero-order valence-electron chi connectivity index (χ0n) is 11.1. The van der Waals surface area contributed by atoms with Crippen LogP contribution in [0.2, 0.25) is 0 Å². The van der Waals surface area contributed by atoms with Gasteiger partial charge in [0.05, 0.1) is 24.8 Å². The minimum Gasteiger partial charge on any atom is -0.472 e. The standard InChI is InChI=1S/C13H20N4O/c1-10(14)13(12-6-15-17(3)8-12)16(2)7-11-4-5-18-9-11/h4-6,8-10,13H,7,14H2,1-3H3. The van der Waals surface area contributed by atoms with Gasteiger partial charge in [-0.2, -0.15) is 5.10 Å². The lowest BCUT2D eigenvalue weighted by Crippen LogP contribution is -2.36. The average molecular weight is 248 g/mol. The van der Waals surface area contributed by atoms with Crippen LogP contribution >= 0.6 is 0 Å². The van der Waals surface area contributed by atoms with Crippen LogP contribution in [0.25, 0.3) is 0 Å². The molecular weight excluding hydrogens is 228 g/mol. The molecule has 0 aliphatic heterocycles. The number of nitrogens with two attached hydrogens (primary N) is 1. The van der Waals surface area contributed by atoms with E-state index in [4.69, 9.17) is 10.2 Å². The molecule has 98 valence electrons. The molecule has 0 aliphatic carbocycles. The lowest BCUT2D eigenvalue weighted by atomic mass is 10.0. The van der Waals surface area contributed by atoms with Crippen molar-refractivity contribution in [3.63, 3.8) is 0 Å². The van der Waals surface area contributed by atoms with Crippen LogP contribution in [0.4, 0.5) is 0 Å². The van der Waals surface area contributed by atoms with Gasteiger partial charge in [0.25, 0.3) is 0 Å². The molecule has 5 nitrogen and oxygen atoms in total. The van der Waals surface area contributed by atoms with Gasteiger partial charge in [-0.25, -0.2) is 0 Å². The van der Waals surface area contributed by atoms with Crippen LogP contribution < -0.4 is 5.73 Å². The van der Waals surface area contributed by atoms with Gasteiger partial charge in [0.15, 0.2) is 0 Å². The SMILES string of the molecule is CC(N)C(c1cnn(C)c1)N(C)Cc1ccoc1. The fraction of sp³-hybridized carbons (Fsp3) is 0.462. The number of hydrogen-bond acceptors (Lipinski definition) is 4. The average Bonchev–Trinajstić information content (AvgIpc) is 2.90. The molecule has 0 amide bonds. The first-order valence-corrected chi connectivity index (χ1v) is 6.03. The normalized spacial score (nSPS) is 14.9. The number of nitrogens with zero attached hydrogens (tertiary/aromatic N) is 3. The summed E-state index contributed by atoms with van der Waals surface area (Å²) in [5.41, 5.74) is 8.39. The quantitative estimate of drug-likeness (QED) is 0.871. The van der Waals surface area contributed by atoms with Gasteiger partial charge >= 0.3 is 0 Å². The van der Waals surface area contributed by atoms with E-state index in [0.29, 0.717) is 0 Å². The Labute approximate surface area is 107 Å². The highest BCUT2D eigenvalue weighted by Crippen LogP contribution is 2.23. The van der Waals surface area contributed by atoms with Crippen molar-refractivity contribution in [1.82, 2.24) is 14.7 Å². The third-order valence-corrected chi connectivity index (χ3v) is 3.05. The van der Waals surface area contributed by atoms with E-state index >= 15 is 0 Å². The second-order valence-corrected chi connectivity index (χ2v) is 4.80. The second kappa shape index (κ2) is 5.37. The highest BCUT2D eigenvalue weighted by Gasteiger charge is 2.22. The van der Waals surface area contributed by atoms with Crippen molar-refractivity contribution in [2.75, 3.05) is 7.05 Å². The summed E-state index contributed by atoms with van der Waals surface area (Å²) >= 11 is 0. The molecular formula is C13H20N4O. The Morgan fingerprint density at radius 3 is 2.83 bits per heavy atom. The van der Waals surface area contributed by atoms with Crippen molar-refractivity contribution in [3.05, 3.63) is 42.1 Å². The zero-order chi connectivity index (χ0) is 13.1.